The Hall–Kier alpha value is -1.51. The Bertz CT molecular complexity index is 755. The summed E-state index contributed by atoms with van der Waals surface area (Å²) in [6, 6.07) is 4.21. The molecule has 2 fully saturated rings. The molecule has 2 aliphatic rings. The van der Waals surface area contributed by atoms with Crippen LogP contribution in [-0.4, -0.2) is 75.1 Å². The summed E-state index contributed by atoms with van der Waals surface area (Å²) in [6.45, 7) is 1.14. The molecule has 9 heteroatoms. The lowest BCUT2D eigenvalue weighted by Crippen LogP contribution is -2.60. The summed E-state index contributed by atoms with van der Waals surface area (Å²) in [4.78, 5) is 16.3. The number of sulfone groups is 1. The number of rotatable bonds is 2. The highest BCUT2D eigenvalue weighted by molar-refractivity contribution is 7.91. The molecule has 2 aliphatic heterocycles. The van der Waals surface area contributed by atoms with Crippen molar-refractivity contribution in [1.82, 2.24) is 9.80 Å². The summed E-state index contributed by atoms with van der Waals surface area (Å²) >= 11 is 6.07. The Kier molecular flexibility index (Phi) is 4.63. The summed E-state index contributed by atoms with van der Waals surface area (Å²) in [5.74, 6) is 0.640. The number of piperazine rings is 1. The van der Waals surface area contributed by atoms with Gasteiger partial charge in [0.2, 0.25) is 0 Å². The molecule has 3 rings (SSSR count). The first-order chi connectivity index (χ1) is 11.3. The fourth-order valence-corrected chi connectivity index (χ4v) is 5.63. The zero-order valence-electron chi connectivity index (χ0n) is 13.5. The average molecular weight is 374 g/mol. The number of nitrogens with one attached hydrogen (secondary N) is 1. The molecule has 0 spiro atoms. The number of nitrogens with zero attached hydrogens (tertiary/aromatic N) is 2. The van der Waals surface area contributed by atoms with Crippen LogP contribution >= 0.6 is 11.6 Å². The Morgan fingerprint density at radius 1 is 1.29 bits per heavy atom. The maximum atomic E-state index is 12.6. The molecular formula is C15H20ClN3O4S. The highest BCUT2D eigenvalue weighted by atomic mass is 35.5. The molecule has 1 N–H and O–H groups in total. The predicted molar refractivity (Wildman–Crippen MR) is 92.6 cm³/mol. The second-order valence-electron chi connectivity index (χ2n) is 6.17. The van der Waals surface area contributed by atoms with E-state index in [2.05, 4.69) is 5.32 Å². The van der Waals surface area contributed by atoms with E-state index in [4.69, 9.17) is 16.3 Å². The summed E-state index contributed by atoms with van der Waals surface area (Å²) in [5.41, 5.74) is 0.544. The molecule has 132 valence electrons. The van der Waals surface area contributed by atoms with Crippen molar-refractivity contribution in [3.05, 3.63) is 23.2 Å². The number of carbonyl (C=O) groups is 1. The van der Waals surface area contributed by atoms with E-state index in [0.717, 1.165) is 0 Å². The van der Waals surface area contributed by atoms with E-state index in [0.29, 0.717) is 29.5 Å². The number of fused-ring (bicyclic) bond motifs is 1. The summed E-state index contributed by atoms with van der Waals surface area (Å²) < 4.78 is 29.0. The maximum Gasteiger partial charge on any atom is 0.322 e. The van der Waals surface area contributed by atoms with Crippen LogP contribution in [0.3, 0.4) is 0 Å². The third kappa shape index (κ3) is 3.31. The molecule has 24 heavy (non-hydrogen) atoms. The van der Waals surface area contributed by atoms with Gasteiger partial charge in [-0.15, -0.1) is 0 Å². The van der Waals surface area contributed by atoms with Gasteiger partial charge in [0.25, 0.3) is 0 Å². The van der Waals surface area contributed by atoms with E-state index in [1.54, 1.807) is 23.1 Å². The summed E-state index contributed by atoms with van der Waals surface area (Å²) in [5, 5.41) is 3.19. The molecule has 1 aromatic rings. The molecule has 2 amide bonds. The molecule has 0 aromatic heterocycles. The minimum atomic E-state index is -3.12. The van der Waals surface area contributed by atoms with E-state index in [1.165, 1.54) is 7.11 Å². The van der Waals surface area contributed by atoms with Crippen molar-refractivity contribution in [3.8, 4) is 5.75 Å². The Morgan fingerprint density at radius 2 is 2.00 bits per heavy atom. The quantitative estimate of drug-likeness (QED) is 0.845. The molecule has 0 bridgehead atoms. The lowest BCUT2D eigenvalue weighted by molar-refractivity contribution is 0.0893. The van der Waals surface area contributed by atoms with E-state index in [-0.39, 0.29) is 29.6 Å². The van der Waals surface area contributed by atoms with Crippen LogP contribution in [0, 0.1) is 0 Å². The number of halogens is 1. The van der Waals surface area contributed by atoms with Gasteiger partial charge in [-0.1, -0.05) is 11.6 Å². The standard InChI is InChI=1S/C15H20ClN3O4S/c1-18-5-6-19(13-9-24(21,22)8-12(13)18)15(20)17-10-3-4-14(23-2)11(16)7-10/h3-4,7,12-13H,5-6,8-9H2,1-2H3,(H,17,20)/t12-,13+/m1/s1. The second-order valence-corrected chi connectivity index (χ2v) is 8.73. The minimum Gasteiger partial charge on any atom is -0.495 e. The first-order valence-corrected chi connectivity index (χ1v) is 9.82. The van der Waals surface area contributed by atoms with Gasteiger partial charge in [-0.3, -0.25) is 4.90 Å². The summed E-state index contributed by atoms with van der Waals surface area (Å²) in [6.07, 6.45) is 0. The van der Waals surface area contributed by atoms with Crippen LogP contribution in [0.1, 0.15) is 0 Å². The molecule has 1 aromatic carbocycles. The number of urea groups is 1. The SMILES string of the molecule is COc1ccc(NC(=O)N2CCN(C)[C@@H]3CS(=O)(=O)C[C@@H]32)cc1Cl. The highest BCUT2D eigenvalue weighted by Gasteiger charge is 2.46. The van der Waals surface area contributed by atoms with Gasteiger partial charge in [0.15, 0.2) is 9.84 Å². The van der Waals surface area contributed by atoms with Crippen molar-refractivity contribution in [1.29, 1.82) is 0 Å². The van der Waals surface area contributed by atoms with Crippen LogP contribution in [0.15, 0.2) is 18.2 Å². The van der Waals surface area contributed by atoms with Crippen molar-refractivity contribution >= 4 is 33.2 Å². The van der Waals surface area contributed by atoms with Crippen LogP contribution in [-0.2, 0) is 9.84 Å². The lowest BCUT2D eigenvalue weighted by Gasteiger charge is -2.42. The number of anilines is 1. The van der Waals surface area contributed by atoms with E-state index in [1.807, 2.05) is 11.9 Å². The Balaban J connectivity index is 1.76. The first kappa shape index (κ1) is 17.3. The minimum absolute atomic E-state index is 0.0127. The van der Waals surface area contributed by atoms with Gasteiger partial charge < -0.3 is 15.0 Å². The number of carbonyl (C=O) groups excluding carboxylic acids is 1. The predicted octanol–water partition coefficient (Wildman–Crippen LogP) is 1.29. The third-order valence-corrected chi connectivity index (χ3v) is 6.61. The van der Waals surface area contributed by atoms with Crippen LogP contribution in [0.25, 0.3) is 0 Å². The van der Waals surface area contributed by atoms with Crippen molar-refractivity contribution in [2.24, 2.45) is 0 Å². The van der Waals surface area contributed by atoms with Crippen molar-refractivity contribution < 1.29 is 17.9 Å². The molecule has 0 unspecified atom stereocenters. The molecule has 0 radical (unpaired) electrons. The fourth-order valence-electron chi connectivity index (χ4n) is 3.32. The fraction of sp³-hybridized carbons (Fsp3) is 0.533. The van der Waals surface area contributed by atoms with Crippen LogP contribution < -0.4 is 10.1 Å². The molecule has 7 nitrogen and oxygen atoms in total. The van der Waals surface area contributed by atoms with Gasteiger partial charge in [0, 0.05) is 24.8 Å². The third-order valence-electron chi connectivity index (χ3n) is 4.62. The maximum absolute atomic E-state index is 12.6. The molecule has 2 heterocycles. The molecular weight excluding hydrogens is 354 g/mol. The zero-order valence-corrected chi connectivity index (χ0v) is 15.1. The summed E-state index contributed by atoms with van der Waals surface area (Å²) in [7, 11) is 0.300. The van der Waals surface area contributed by atoms with E-state index >= 15 is 0 Å². The second kappa shape index (κ2) is 6.42. The molecule has 0 saturated carbocycles. The van der Waals surface area contributed by atoms with Crippen LogP contribution in [0.4, 0.5) is 10.5 Å². The number of hydrogen-bond acceptors (Lipinski definition) is 5. The Labute approximate surface area is 146 Å². The number of benzene rings is 1. The largest absolute Gasteiger partial charge is 0.495 e. The van der Waals surface area contributed by atoms with Gasteiger partial charge in [-0.05, 0) is 25.2 Å². The van der Waals surface area contributed by atoms with Crippen molar-refractivity contribution in [2.75, 3.05) is 44.1 Å². The Morgan fingerprint density at radius 3 is 2.67 bits per heavy atom. The normalized spacial score (nSPS) is 26.0. The van der Waals surface area contributed by atoms with Gasteiger partial charge in [0.1, 0.15) is 5.75 Å². The van der Waals surface area contributed by atoms with Crippen LogP contribution in [0.2, 0.25) is 5.02 Å². The topological polar surface area (TPSA) is 79.0 Å². The van der Waals surface area contributed by atoms with E-state index < -0.39 is 9.84 Å². The average Bonchev–Trinajstić information content (AvgIpc) is 2.84. The number of methoxy groups -OCH3 is 1. The first-order valence-electron chi connectivity index (χ1n) is 7.62. The van der Waals surface area contributed by atoms with Gasteiger partial charge in [-0.2, -0.15) is 0 Å². The van der Waals surface area contributed by atoms with Crippen LogP contribution in [0.5, 0.6) is 5.75 Å². The molecule has 0 aliphatic carbocycles. The van der Waals surface area contributed by atoms with Crippen molar-refractivity contribution in [3.63, 3.8) is 0 Å². The number of amides is 2. The van der Waals surface area contributed by atoms with Gasteiger partial charge in [0.05, 0.1) is 29.7 Å². The van der Waals surface area contributed by atoms with Gasteiger partial charge in [-0.25, -0.2) is 13.2 Å². The van der Waals surface area contributed by atoms with Gasteiger partial charge >= 0.3 is 6.03 Å². The molecule has 2 atom stereocenters. The zero-order chi connectivity index (χ0) is 17.5. The lowest BCUT2D eigenvalue weighted by atomic mass is 10.1. The number of likely N-dealkylation sites (N-methyl/N-ethyl adjacent to an activating group) is 1. The number of ether oxygens (including phenoxy) is 1. The van der Waals surface area contributed by atoms with E-state index in [9.17, 15) is 13.2 Å². The van der Waals surface area contributed by atoms with Crippen molar-refractivity contribution in [2.45, 2.75) is 12.1 Å². The smallest absolute Gasteiger partial charge is 0.322 e. The highest BCUT2D eigenvalue weighted by Crippen LogP contribution is 2.29. The monoisotopic (exact) mass is 373 g/mol. The molecule has 2 saturated heterocycles. The number of hydrogen-bond donors (Lipinski definition) is 1.